The number of hydrogen-bond acceptors (Lipinski definition) is 4. The largest absolute Gasteiger partial charge is 0.465 e. The number of ether oxygens (including phenoxy) is 2. The lowest BCUT2D eigenvalue weighted by atomic mass is 9.98. The number of carbonyl (C=O) groups excluding carboxylic acids is 1. The predicted octanol–water partition coefficient (Wildman–Crippen LogP) is 2.71. The summed E-state index contributed by atoms with van der Waals surface area (Å²) in [5.41, 5.74) is 0. The molecular formula is C16H31NO3. The summed E-state index contributed by atoms with van der Waals surface area (Å²) >= 11 is 0. The van der Waals surface area contributed by atoms with Crippen molar-refractivity contribution in [1.29, 1.82) is 0 Å². The first-order valence-corrected chi connectivity index (χ1v) is 8.03. The van der Waals surface area contributed by atoms with Crippen LogP contribution >= 0.6 is 0 Å². The maximum Gasteiger partial charge on any atom is 0.320 e. The van der Waals surface area contributed by atoms with Crippen LogP contribution in [0.2, 0.25) is 0 Å². The Morgan fingerprint density at radius 1 is 1.15 bits per heavy atom. The highest BCUT2D eigenvalue weighted by Gasteiger charge is 2.15. The molecule has 0 spiro atoms. The van der Waals surface area contributed by atoms with Gasteiger partial charge in [0.05, 0.1) is 26.4 Å². The molecule has 0 N–H and O–H groups in total. The van der Waals surface area contributed by atoms with Gasteiger partial charge in [0.1, 0.15) is 0 Å². The van der Waals surface area contributed by atoms with Crippen molar-refractivity contribution in [2.24, 2.45) is 11.8 Å². The summed E-state index contributed by atoms with van der Waals surface area (Å²) in [4.78, 5) is 13.8. The van der Waals surface area contributed by atoms with Crippen molar-refractivity contribution < 1.29 is 14.3 Å². The van der Waals surface area contributed by atoms with Crippen molar-refractivity contribution in [2.45, 2.75) is 46.5 Å². The second-order valence-electron chi connectivity index (χ2n) is 6.33. The summed E-state index contributed by atoms with van der Waals surface area (Å²) in [6.45, 7) is 10.9. The van der Waals surface area contributed by atoms with E-state index in [9.17, 15) is 4.79 Å². The minimum Gasteiger partial charge on any atom is -0.465 e. The molecule has 1 saturated heterocycles. The molecular weight excluding hydrogens is 254 g/mol. The normalized spacial score (nSPS) is 18.2. The molecule has 20 heavy (non-hydrogen) atoms. The lowest BCUT2D eigenvalue weighted by molar-refractivity contribution is -0.146. The van der Waals surface area contributed by atoms with Crippen molar-refractivity contribution in [3.8, 4) is 0 Å². The molecule has 0 aliphatic carbocycles. The highest BCUT2D eigenvalue weighted by atomic mass is 16.5. The van der Waals surface area contributed by atoms with Gasteiger partial charge in [0, 0.05) is 13.1 Å². The Morgan fingerprint density at radius 2 is 1.85 bits per heavy atom. The van der Waals surface area contributed by atoms with E-state index in [1.54, 1.807) is 0 Å². The third-order valence-electron chi connectivity index (χ3n) is 3.81. The smallest absolute Gasteiger partial charge is 0.320 e. The minimum atomic E-state index is -0.0960. The van der Waals surface area contributed by atoms with Gasteiger partial charge in [-0.05, 0) is 18.3 Å². The lowest BCUT2D eigenvalue weighted by Crippen LogP contribution is -2.40. The topological polar surface area (TPSA) is 38.8 Å². The van der Waals surface area contributed by atoms with E-state index < -0.39 is 0 Å². The van der Waals surface area contributed by atoms with Crippen molar-refractivity contribution in [1.82, 2.24) is 4.90 Å². The highest BCUT2D eigenvalue weighted by molar-refractivity contribution is 5.71. The minimum absolute atomic E-state index is 0.0960. The van der Waals surface area contributed by atoms with E-state index in [1.807, 2.05) is 0 Å². The first kappa shape index (κ1) is 17.4. The van der Waals surface area contributed by atoms with Crippen molar-refractivity contribution in [3.05, 3.63) is 0 Å². The van der Waals surface area contributed by atoms with E-state index in [0.717, 1.165) is 38.6 Å². The summed E-state index contributed by atoms with van der Waals surface area (Å²) in [6.07, 6.45) is 4.79. The molecule has 4 nitrogen and oxygen atoms in total. The summed E-state index contributed by atoms with van der Waals surface area (Å²) in [6, 6.07) is 0. The van der Waals surface area contributed by atoms with Crippen molar-refractivity contribution >= 4 is 5.97 Å². The van der Waals surface area contributed by atoms with Crippen LogP contribution in [0.25, 0.3) is 0 Å². The van der Waals surface area contributed by atoms with Crippen LogP contribution in [0.15, 0.2) is 0 Å². The molecule has 1 rings (SSSR count). The SMILES string of the molecule is CC(C)CCC[C@@H](C)CCOC(=O)CN1CCOCC1. The molecule has 0 unspecified atom stereocenters. The Bertz CT molecular complexity index is 262. The van der Waals surface area contributed by atoms with Gasteiger partial charge >= 0.3 is 5.97 Å². The third kappa shape index (κ3) is 8.54. The molecule has 0 aromatic heterocycles. The Hall–Kier alpha value is -0.610. The van der Waals surface area contributed by atoms with Crippen LogP contribution < -0.4 is 0 Å². The summed E-state index contributed by atoms with van der Waals surface area (Å²) < 4.78 is 10.6. The maximum absolute atomic E-state index is 11.7. The van der Waals surface area contributed by atoms with Crippen LogP contribution in [-0.4, -0.2) is 50.3 Å². The van der Waals surface area contributed by atoms with E-state index in [2.05, 4.69) is 25.7 Å². The molecule has 1 atom stereocenters. The van der Waals surface area contributed by atoms with Gasteiger partial charge in [-0.1, -0.05) is 40.0 Å². The molecule has 1 heterocycles. The first-order chi connectivity index (χ1) is 9.58. The number of esters is 1. The molecule has 1 fully saturated rings. The Labute approximate surface area is 123 Å². The zero-order valence-corrected chi connectivity index (χ0v) is 13.4. The predicted molar refractivity (Wildman–Crippen MR) is 80.7 cm³/mol. The average molecular weight is 285 g/mol. The van der Waals surface area contributed by atoms with E-state index in [4.69, 9.17) is 9.47 Å². The number of carbonyl (C=O) groups is 1. The Morgan fingerprint density at radius 3 is 2.50 bits per heavy atom. The summed E-state index contributed by atoms with van der Waals surface area (Å²) in [7, 11) is 0. The number of hydrogen-bond donors (Lipinski definition) is 0. The van der Waals surface area contributed by atoms with Gasteiger partial charge in [-0.25, -0.2) is 0 Å². The molecule has 0 radical (unpaired) electrons. The van der Waals surface area contributed by atoms with Gasteiger partial charge in [-0.2, -0.15) is 0 Å². The van der Waals surface area contributed by atoms with Gasteiger partial charge in [0.25, 0.3) is 0 Å². The Balaban J connectivity index is 2.00. The first-order valence-electron chi connectivity index (χ1n) is 8.03. The number of rotatable bonds is 9. The van der Waals surface area contributed by atoms with E-state index in [1.165, 1.54) is 19.3 Å². The Kier molecular flexibility index (Phi) is 8.86. The number of morpholine rings is 1. The van der Waals surface area contributed by atoms with E-state index in [0.29, 0.717) is 19.1 Å². The monoisotopic (exact) mass is 285 g/mol. The van der Waals surface area contributed by atoms with Gasteiger partial charge in [0.15, 0.2) is 0 Å². The summed E-state index contributed by atoms with van der Waals surface area (Å²) in [5.74, 6) is 1.33. The van der Waals surface area contributed by atoms with Gasteiger partial charge in [-0.3, -0.25) is 9.69 Å². The molecule has 118 valence electrons. The van der Waals surface area contributed by atoms with Crippen LogP contribution in [0.5, 0.6) is 0 Å². The molecule has 0 saturated carbocycles. The van der Waals surface area contributed by atoms with Gasteiger partial charge in [0.2, 0.25) is 0 Å². The van der Waals surface area contributed by atoms with Crippen molar-refractivity contribution in [2.75, 3.05) is 39.5 Å². The molecule has 1 aliphatic rings. The molecule has 0 aromatic rings. The molecule has 0 amide bonds. The second-order valence-corrected chi connectivity index (χ2v) is 6.33. The van der Waals surface area contributed by atoms with Gasteiger partial charge < -0.3 is 9.47 Å². The fourth-order valence-corrected chi connectivity index (χ4v) is 2.38. The maximum atomic E-state index is 11.7. The van der Waals surface area contributed by atoms with Crippen LogP contribution in [-0.2, 0) is 14.3 Å². The quantitative estimate of drug-likeness (QED) is 0.611. The van der Waals surface area contributed by atoms with E-state index >= 15 is 0 Å². The molecule has 0 bridgehead atoms. The zero-order chi connectivity index (χ0) is 14.8. The number of nitrogens with zero attached hydrogens (tertiary/aromatic N) is 1. The van der Waals surface area contributed by atoms with Crippen molar-refractivity contribution in [3.63, 3.8) is 0 Å². The van der Waals surface area contributed by atoms with Crippen LogP contribution in [0.1, 0.15) is 46.5 Å². The molecule has 0 aromatic carbocycles. The third-order valence-corrected chi connectivity index (χ3v) is 3.81. The van der Waals surface area contributed by atoms with Crippen LogP contribution in [0, 0.1) is 11.8 Å². The average Bonchev–Trinajstić information content (AvgIpc) is 2.39. The van der Waals surface area contributed by atoms with E-state index in [-0.39, 0.29) is 5.97 Å². The molecule has 1 aliphatic heterocycles. The fourth-order valence-electron chi connectivity index (χ4n) is 2.38. The van der Waals surface area contributed by atoms with Crippen LogP contribution in [0.3, 0.4) is 0 Å². The van der Waals surface area contributed by atoms with Gasteiger partial charge in [-0.15, -0.1) is 0 Å². The summed E-state index contributed by atoms with van der Waals surface area (Å²) in [5, 5.41) is 0. The highest BCUT2D eigenvalue weighted by Crippen LogP contribution is 2.15. The zero-order valence-electron chi connectivity index (χ0n) is 13.4. The standard InChI is InChI=1S/C16H31NO3/c1-14(2)5-4-6-15(3)7-10-20-16(18)13-17-8-11-19-12-9-17/h14-15H,4-13H2,1-3H3/t15-/m1/s1. The lowest BCUT2D eigenvalue weighted by Gasteiger charge is -2.25. The molecule has 4 heteroatoms. The second kappa shape index (κ2) is 10.2. The fraction of sp³-hybridized carbons (Fsp3) is 0.938. The van der Waals surface area contributed by atoms with Crippen LogP contribution in [0.4, 0.5) is 0 Å².